The topological polar surface area (TPSA) is 41.1 Å². The van der Waals surface area contributed by atoms with Gasteiger partial charge in [-0.3, -0.25) is 14.8 Å². The summed E-state index contributed by atoms with van der Waals surface area (Å²) in [6.07, 6.45) is 5.04. The number of anilines is 1. The van der Waals surface area contributed by atoms with E-state index < -0.39 is 0 Å². The van der Waals surface area contributed by atoms with Gasteiger partial charge in [-0.15, -0.1) is 0 Å². The third-order valence-corrected chi connectivity index (χ3v) is 7.53. The van der Waals surface area contributed by atoms with Crippen LogP contribution in [-0.4, -0.2) is 67.9 Å². The van der Waals surface area contributed by atoms with Crippen molar-refractivity contribution in [2.24, 2.45) is 0 Å². The normalized spacial score (nSPS) is 18.4. The maximum atomic E-state index is 6.32. The van der Waals surface area contributed by atoms with Crippen LogP contribution in [-0.2, 0) is 17.7 Å². The van der Waals surface area contributed by atoms with E-state index in [4.69, 9.17) is 14.5 Å². The van der Waals surface area contributed by atoms with Crippen LogP contribution in [0.3, 0.4) is 0 Å². The molecule has 3 aromatic rings. The summed E-state index contributed by atoms with van der Waals surface area (Å²) in [5.74, 6) is 2.01. The largest absolute Gasteiger partial charge is 0.495 e. The third-order valence-electron chi connectivity index (χ3n) is 7.53. The number of allylic oxidation sites excluding steroid dienone is 1. The van der Waals surface area contributed by atoms with Gasteiger partial charge in [-0.25, -0.2) is 0 Å². The molecule has 0 amide bonds. The Labute approximate surface area is 219 Å². The smallest absolute Gasteiger partial charge is 0.142 e. The lowest BCUT2D eigenvalue weighted by Crippen LogP contribution is -2.47. The molecule has 0 bridgehead atoms. The second-order valence-electron chi connectivity index (χ2n) is 9.97. The zero-order chi connectivity index (χ0) is 25.0. The number of hydrogen-bond acceptors (Lipinski definition) is 6. The van der Waals surface area contributed by atoms with Gasteiger partial charge in [0.15, 0.2) is 0 Å². The number of ether oxygens (including phenoxy) is 2. The first kappa shape index (κ1) is 23.8. The fraction of sp³-hybridized carbons (Fsp3) is 0.323. The molecule has 1 saturated heterocycles. The second-order valence-corrected chi connectivity index (χ2v) is 9.97. The number of piperazine rings is 1. The third kappa shape index (κ3) is 5.26. The van der Waals surface area contributed by atoms with Gasteiger partial charge in [0.1, 0.15) is 18.2 Å². The lowest BCUT2D eigenvalue weighted by Gasteiger charge is -2.37. The Morgan fingerprint density at radius 1 is 0.865 bits per heavy atom. The predicted octanol–water partition coefficient (Wildman–Crippen LogP) is 4.60. The molecule has 3 heterocycles. The van der Waals surface area contributed by atoms with E-state index in [1.807, 2.05) is 18.3 Å². The number of methoxy groups -OCH3 is 1. The SMILES string of the molecule is COc1ccccc1N1CCN(CC2=CC3=C(Cc4ncccc42)OCN(Cc2ccccc2)C3)CC1. The molecule has 0 radical (unpaired) electrons. The number of benzene rings is 2. The molecule has 0 unspecified atom stereocenters. The molecule has 3 aliphatic rings. The van der Waals surface area contributed by atoms with Crippen LogP contribution < -0.4 is 9.64 Å². The van der Waals surface area contributed by atoms with Crippen molar-refractivity contribution >= 4 is 11.3 Å². The molecule has 1 fully saturated rings. The Morgan fingerprint density at radius 2 is 1.68 bits per heavy atom. The number of rotatable bonds is 6. The van der Waals surface area contributed by atoms with Gasteiger partial charge in [0.2, 0.25) is 0 Å². The summed E-state index contributed by atoms with van der Waals surface area (Å²) in [4.78, 5) is 12.1. The molecule has 0 atom stereocenters. The minimum Gasteiger partial charge on any atom is -0.495 e. The zero-order valence-corrected chi connectivity index (χ0v) is 21.5. The molecular weight excluding hydrogens is 460 g/mol. The van der Waals surface area contributed by atoms with Gasteiger partial charge in [0.25, 0.3) is 0 Å². The van der Waals surface area contributed by atoms with Gasteiger partial charge >= 0.3 is 0 Å². The van der Waals surface area contributed by atoms with E-state index in [9.17, 15) is 0 Å². The summed E-state index contributed by atoms with van der Waals surface area (Å²) in [5, 5.41) is 0. The van der Waals surface area contributed by atoms with Crippen molar-refractivity contribution in [2.75, 3.05) is 58.0 Å². The molecule has 1 aromatic heterocycles. The van der Waals surface area contributed by atoms with Gasteiger partial charge in [-0.1, -0.05) is 48.5 Å². The molecule has 6 rings (SSSR count). The Morgan fingerprint density at radius 3 is 2.51 bits per heavy atom. The average molecular weight is 495 g/mol. The van der Waals surface area contributed by atoms with Crippen LogP contribution in [0.1, 0.15) is 16.8 Å². The molecule has 1 aliphatic carbocycles. The van der Waals surface area contributed by atoms with Crippen molar-refractivity contribution in [3.05, 3.63) is 107 Å². The monoisotopic (exact) mass is 494 g/mol. The number of nitrogens with zero attached hydrogens (tertiary/aromatic N) is 4. The van der Waals surface area contributed by atoms with Crippen molar-refractivity contribution in [1.82, 2.24) is 14.8 Å². The summed E-state index contributed by atoms with van der Waals surface area (Å²) in [6, 6.07) is 23.2. The van der Waals surface area contributed by atoms with Gasteiger partial charge in [0, 0.05) is 69.6 Å². The Kier molecular flexibility index (Phi) is 6.93. The number of pyridine rings is 1. The first-order valence-corrected chi connectivity index (χ1v) is 13.1. The van der Waals surface area contributed by atoms with Crippen LogP contribution >= 0.6 is 0 Å². The van der Waals surface area contributed by atoms with E-state index in [0.29, 0.717) is 6.73 Å². The van der Waals surface area contributed by atoms with E-state index >= 15 is 0 Å². The number of aromatic nitrogens is 1. The zero-order valence-electron chi connectivity index (χ0n) is 21.5. The summed E-state index contributed by atoms with van der Waals surface area (Å²) >= 11 is 0. The highest BCUT2D eigenvalue weighted by Crippen LogP contribution is 2.32. The van der Waals surface area contributed by atoms with E-state index in [1.165, 1.54) is 28.0 Å². The van der Waals surface area contributed by atoms with Gasteiger partial charge in [0.05, 0.1) is 18.5 Å². The molecule has 37 heavy (non-hydrogen) atoms. The summed E-state index contributed by atoms with van der Waals surface area (Å²) < 4.78 is 11.9. The fourth-order valence-corrected chi connectivity index (χ4v) is 5.59. The molecule has 190 valence electrons. The number of fused-ring (bicyclic) bond motifs is 1. The minimum atomic E-state index is 0.615. The van der Waals surface area contributed by atoms with E-state index in [0.717, 1.165) is 69.4 Å². The summed E-state index contributed by atoms with van der Waals surface area (Å²) in [7, 11) is 1.75. The second kappa shape index (κ2) is 10.8. The molecule has 6 nitrogen and oxygen atoms in total. The Bertz CT molecular complexity index is 1300. The molecule has 6 heteroatoms. The van der Waals surface area contributed by atoms with Crippen LogP contribution in [0.4, 0.5) is 5.69 Å². The summed E-state index contributed by atoms with van der Waals surface area (Å²) in [6.45, 7) is 7.28. The Balaban J connectivity index is 1.19. The Hall–Kier alpha value is -3.61. The molecule has 0 spiro atoms. The van der Waals surface area contributed by atoms with Crippen LogP contribution in [0, 0.1) is 0 Å². The van der Waals surface area contributed by atoms with Crippen LogP contribution in [0.5, 0.6) is 5.75 Å². The minimum absolute atomic E-state index is 0.615. The fourth-order valence-electron chi connectivity index (χ4n) is 5.59. The first-order chi connectivity index (χ1) is 18.3. The van der Waals surface area contributed by atoms with E-state index in [2.05, 4.69) is 75.4 Å². The highest BCUT2D eigenvalue weighted by Gasteiger charge is 2.27. The number of hydrogen-bond donors (Lipinski definition) is 0. The van der Waals surface area contributed by atoms with Crippen LogP contribution in [0.2, 0.25) is 0 Å². The van der Waals surface area contributed by atoms with E-state index in [1.54, 1.807) is 7.11 Å². The summed E-state index contributed by atoms with van der Waals surface area (Å²) in [5.41, 5.74) is 7.48. The average Bonchev–Trinajstić information content (AvgIpc) is 3.10. The van der Waals surface area contributed by atoms with Crippen LogP contribution in [0.25, 0.3) is 5.57 Å². The predicted molar refractivity (Wildman–Crippen MR) is 147 cm³/mol. The quantitative estimate of drug-likeness (QED) is 0.499. The van der Waals surface area contributed by atoms with Gasteiger partial charge in [-0.05, 0) is 35.4 Å². The van der Waals surface area contributed by atoms with Gasteiger partial charge in [-0.2, -0.15) is 0 Å². The first-order valence-electron chi connectivity index (χ1n) is 13.1. The van der Waals surface area contributed by atoms with Crippen molar-refractivity contribution < 1.29 is 9.47 Å². The standard InChI is InChI=1S/C31H34N4O2/c1-36-30-12-6-5-11-29(30)35-16-14-33(15-17-35)21-25-18-26-22-34(20-24-8-3-2-4-9-24)23-37-31(26)19-28-27(25)10-7-13-32-28/h2-13,18H,14-17,19-23H2,1H3. The molecule has 0 N–H and O–H groups in total. The molecule has 0 saturated carbocycles. The van der Waals surface area contributed by atoms with Crippen LogP contribution in [0.15, 0.2) is 90.3 Å². The highest BCUT2D eigenvalue weighted by atomic mass is 16.5. The molecular formula is C31H34N4O2. The number of para-hydroxylation sites is 2. The molecule has 2 aliphatic heterocycles. The molecule has 2 aromatic carbocycles. The lowest BCUT2D eigenvalue weighted by atomic mass is 10.0. The maximum Gasteiger partial charge on any atom is 0.142 e. The lowest BCUT2D eigenvalue weighted by molar-refractivity contribution is 0.0500. The van der Waals surface area contributed by atoms with Crippen molar-refractivity contribution in [3.8, 4) is 5.75 Å². The van der Waals surface area contributed by atoms with Gasteiger partial charge < -0.3 is 14.4 Å². The van der Waals surface area contributed by atoms with E-state index in [-0.39, 0.29) is 0 Å². The maximum absolute atomic E-state index is 6.32. The van der Waals surface area contributed by atoms with Crippen molar-refractivity contribution in [2.45, 2.75) is 13.0 Å². The van der Waals surface area contributed by atoms with Crippen molar-refractivity contribution in [3.63, 3.8) is 0 Å². The highest BCUT2D eigenvalue weighted by molar-refractivity contribution is 5.73. The van der Waals surface area contributed by atoms with Crippen molar-refractivity contribution in [1.29, 1.82) is 0 Å².